The molecule has 2 rings (SSSR count). The summed E-state index contributed by atoms with van der Waals surface area (Å²) >= 11 is 0. The molecule has 0 heterocycles. The van der Waals surface area contributed by atoms with Gasteiger partial charge >= 0.3 is 11.9 Å². The van der Waals surface area contributed by atoms with Crippen LogP contribution in [0.25, 0.3) is 0 Å². The number of hydrogen-bond acceptors (Lipinski definition) is 6. The normalized spacial score (nSPS) is 11.2. The van der Waals surface area contributed by atoms with Crippen LogP contribution in [0.3, 0.4) is 0 Å². The van der Waals surface area contributed by atoms with Gasteiger partial charge in [-0.15, -0.1) is 0 Å². The van der Waals surface area contributed by atoms with Gasteiger partial charge in [0.25, 0.3) is 11.8 Å². The number of benzene rings is 2. The van der Waals surface area contributed by atoms with Gasteiger partial charge < -0.3 is 20.1 Å². The average Bonchev–Trinajstić information content (AvgIpc) is 2.72. The number of esters is 2. The van der Waals surface area contributed by atoms with Gasteiger partial charge in [0.05, 0.1) is 17.9 Å². The van der Waals surface area contributed by atoms with Gasteiger partial charge in [0.2, 0.25) is 0 Å². The fourth-order valence-corrected chi connectivity index (χ4v) is 2.55. The highest BCUT2D eigenvalue weighted by atomic mass is 16.5. The van der Waals surface area contributed by atoms with Gasteiger partial charge in [-0.25, -0.2) is 9.59 Å². The maximum atomic E-state index is 12.2. The third-order valence-corrected chi connectivity index (χ3v) is 4.02. The first-order valence-corrected chi connectivity index (χ1v) is 9.42. The van der Waals surface area contributed by atoms with Gasteiger partial charge in [0.1, 0.15) is 6.04 Å². The molecule has 0 fully saturated rings. The molecular weight excluding hydrogens is 388 g/mol. The third-order valence-electron chi connectivity index (χ3n) is 4.02. The Bertz CT molecular complexity index is 941. The van der Waals surface area contributed by atoms with E-state index in [1.165, 1.54) is 19.1 Å². The van der Waals surface area contributed by atoms with Crippen LogP contribution < -0.4 is 10.6 Å². The van der Waals surface area contributed by atoms with E-state index in [0.29, 0.717) is 5.56 Å². The largest absolute Gasteiger partial charge is 0.462 e. The Kier molecular flexibility index (Phi) is 8.10. The summed E-state index contributed by atoms with van der Waals surface area (Å²) in [5.41, 5.74) is 1.77. The molecule has 30 heavy (non-hydrogen) atoms. The van der Waals surface area contributed by atoms with Gasteiger partial charge in [0.15, 0.2) is 6.61 Å². The first-order chi connectivity index (χ1) is 14.3. The predicted octanol–water partition coefficient (Wildman–Crippen LogP) is 2.47. The molecule has 0 aliphatic heterocycles. The summed E-state index contributed by atoms with van der Waals surface area (Å²) in [6.45, 7) is 4.63. The number of ether oxygens (including phenoxy) is 2. The van der Waals surface area contributed by atoms with E-state index in [1.54, 1.807) is 37.3 Å². The van der Waals surface area contributed by atoms with Crippen LogP contribution in [-0.4, -0.2) is 43.0 Å². The number of aryl methyl sites for hydroxylation is 1. The van der Waals surface area contributed by atoms with Crippen LogP contribution in [0, 0.1) is 6.92 Å². The molecule has 0 radical (unpaired) electrons. The molecule has 0 aliphatic carbocycles. The van der Waals surface area contributed by atoms with E-state index >= 15 is 0 Å². The maximum absolute atomic E-state index is 12.2. The van der Waals surface area contributed by atoms with E-state index in [0.717, 1.165) is 5.56 Å². The van der Waals surface area contributed by atoms with Crippen molar-refractivity contribution < 1.29 is 28.7 Å². The molecule has 0 bridgehead atoms. The number of carbonyl (C=O) groups excluding carboxylic acids is 4. The van der Waals surface area contributed by atoms with Crippen molar-refractivity contribution in [1.29, 1.82) is 0 Å². The summed E-state index contributed by atoms with van der Waals surface area (Å²) in [6.07, 6.45) is 0. The molecule has 8 heteroatoms. The number of hydrogen-bond donors (Lipinski definition) is 2. The van der Waals surface area contributed by atoms with Crippen LogP contribution in [0.2, 0.25) is 0 Å². The fraction of sp³-hybridized carbons (Fsp3) is 0.273. The molecule has 158 valence electrons. The van der Waals surface area contributed by atoms with Crippen LogP contribution in [0.5, 0.6) is 0 Å². The van der Waals surface area contributed by atoms with E-state index in [2.05, 4.69) is 10.6 Å². The first-order valence-electron chi connectivity index (χ1n) is 9.42. The third kappa shape index (κ3) is 6.44. The van der Waals surface area contributed by atoms with Crippen LogP contribution in [0.4, 0.5) is 5.69 Å². The summed E-state index contributed by atoms with van der Waals surface area (Å²) in [7, 11) is 0. The second kappa shape index (κ2) is 10.8. The molecule has 2 N–H and O–H groups in total. The Balaban J connectivity index is 1.88. The Morgan fingerprint density at radius 3 is 2.43 bits per heavy atom. The summed E-state index contributed by atoms with van der Waals surface area (Å²) in [5.74, 6) is -2.38. The van der Waals surface area contributed by atoms with Crippen LogP contribution in [0.15, 0.2) is 48.5 Å². The van der Waals surface area contributed by atoms with Crippen molar-refractivity contribution in [3.8, 4) is 0 Å². The van der Waals surface area contributed by atoms with Crippen LogP contribution in [-0.2, 0) is 19.1 Å². The van der Waals surface area contributed by atoms with Crippen molar-refractivity contribution in [2.45, 2.75) is 26.8 Å². The number of amides is 2. The molecule has 8 nitrogen and oxygen atoms in total. The van der Waals surface area contributed by atoms with Gasteiger partial charge in [-0.2, -0.15) is 0 Å². The summed E-state index contributed by atoms with van der Waals surface area (Å²) < 4.78 is 9.91. The van der Waals surface area contributed by atoms with Crippen molar-refractivity contribution in [3.63, 3.8) is 0 Å². The zero-order valence-corrected chi connectivity index (χ0v) is 17.1. The SMILES string of the molecule is CCOC(=O)c1ccccc1NC(=O)COC(=O)[C@H](C)NC(=O)c1cccc(C)c1. The Morgan fingerprint density at radius 1 is 1.00 bits per heavy atom. The molecule has 0 unspecified atom stereocenters. The van der Waals surface area contributed by atoms with Gasteiger partial charge in [-0.3, -0.25) is 9.59 Å². The zero-order valence-electron chi connectivity index (χ0n) is 17.1. The number of rotatable bonds is 8. The lowest BCUT2D eigenvalue weighted by atomic mass is 10.1. The Labute approximate surface area is 174 Å². The Hall–Kier alpha value is -3.68. The average molecular weight is 412 g/mol. The monoisotopic (exact) mass is 412 g/mol. The number of nitrogens with one attached hydrogen (secondary N) is 2. The molecule has 2 aromatic carbocycles. The molecule has 2 aromatic rings. The highest BCUT2D eigenvalue weighted by Crippen LogP contribution is 2.16. The second-order valence-electron chi connectivity index (χ2n) is 6.49. The van der Waals surface area contributed by atoms with E-state index in [1.807, 2.05) is 13.0 Å². The highest BCUT2D eigenvalue weighted by molar-refractivity contribution is 6.02. The molecule has 0 saturated heterocycles. The minimum atomic E-state index is -0.947. The molecule has 0 aliphatic rings. The van der Waals surface area contributed by atoms with E-state index in [-0.39, 0.29) is 17.9 Å². The Morgan fingerprint density at radius 2 is 1.73 bits per heavy atom. The van der Waals surface area contributed by atoms with Crippen LogP contribution in [0.1, 0.15) is 40.1 Å². The van der Waals surface area contributed by atoms with Crippen molar-refractivity contribution in [1.82, 2.24) is 5.32 Å². The van der Waals surface area contributed by atoms with Crippen molar-refractivity contribution >= 4 is 29.4 Å². The lowest BCUT2D eigenvalue weighted by Gasteiger charge is -2.14. The van der Waals surface area contributed by atoms with Crippen LogP contribution >= 0.6 is 0 Å². The highest BCUT2D eigenvalue weighted by Gasteiger charge is 2.20. The van der Waals surface area contributed by atoms with Gasteiger partial charge in [-0.1, -0.05) is 29.8 Å². The molecule has 0 spiro atoms. The fourth-order valence-electron chi connectivity index (χ4n) is 2.55. The summed E-state index contributed by atoms with van der Waals surface area (Å²) in [4.78, 5) is 48.4. The van der Waals surface area contributed by atoms with E-state index < -0.39 is 36.4 Å². The molecule has 1 atom stereocenters. The summed E-state index contributed by atoms with van der Waals surface area (Å²) in [6, 6.07) is 12.3. The minimum Gasteiger partial charge on any atom is -0.462 e. The van der Waals surface area contributed by atoms with Crippen molar-refractivity contribution in [3.05, 3.63) is 65.2 Å². The molecule has 0 saturated carbocycles. The standard InChI is InChI=1S/C22H24N2O6/c1-4-29-22(28)17-10-5-6-11-18(17)24-19(25)13-30-21(27)15(3)23-20(26)16-9-7-8-14(2)12-16/h5-12,15H,4,13H2,1-3H3,(H,23,26)(H,24,25)/t15-/m0/s1. The van der Waals surface area contributed by atoms with E-state index in [4.69, 9.17) is 9.47 Å². The summed E-state index contributed by atoms with van der Waals surface area (Å²) in [5, 5.41) is 5.04. The number of carbonyl (C=O) groups is 4. The van der Waals surface area contributed by atoms with Gasteiger partial charge in [-0.05, 0) is 45.0 Å². The first kappa shape index (κ1) is 22.6. The van der Waals surface area contributed by atoms with Crippen molar-refractivity contribution in [2.75, 3.05) is 18.5 Å². The number of anilines is 1. The smallest absolute Gasteiger partial charge is 0.340 e. The topological polar surface area (TPSA) is 111 Å². The number of para-hydroxylation sites is 1. The van der Waals surface area contributed by atoms with Crippen molar-refractivity contribution in [2.24, 2.45) is 0 Å². The maximum Gasteiger partial charge on any atom is 0.340 e. The molecular formula is C22H24N2O6. The minimum absolute atomic E-state index is 0.192. The molecule has 2 amide bonds. The molecule has 0 aromatic heterocycles. The lowest BCUT2D eigenvalue weighted by molar-refractivity contribution is -0.148. The predicted molar refractivity (Wildman–Crippen MR) is 110 cm³/mol. The second-order valence-corrected chi connectivity index (χ2v) is 6.49. The van der Waals surface area contributed by atoms with Gasteiger partial charge in [0, 0.05) is 5.56 Å². The zero-order chi connectivity index (χ0) is 22.1. The lowest BCUT2D eigenvalue weighted by Crippen LogP contribution is -2.40. The van der Waals surface area contributed by atoms with E-state index in [9.17, 15) is 19.2 Å². The quantitative estimate of drug-likeness (QED) is 0.645.